The second-order valence-corrected chi connectivity index (χ2v) is 14.2. The largest absolute Gasteiger partial charge is 0.494 e. The van der Waals surface area contributed by atoms with Gasteiger partial charge in [0.1, 0.15) is 17.8 Å². The van der Waals surface area contributed by atoms with E-state index in [0.29, 0.717) is 31.7 Å². The number of benzene rings is 4. The molecule has 0 saturated heterocycles. The highest BCUT2D eigenvalue weighted by molar-refractivity contribution is 5.95. The van der Waals surface area contributed by atoms with Crippen LogP contribution in [0.25, 0.3) is 16.5 Å². The van der Waals surface area contributed by atoms with Gasteiger partial charge in [0.2, 0.25) is 11.8 Å². The van der Waals surface area contributed by atoms with Crippen LogP contribution in [0, 0.1) is 10.8 Å². The maximum absolute atomic E-state index is 14.3. The first-order valence-electron chi connectivity index (χ1n) is 17.8. The molecule has 3 fully saturated rings. The zero-order valence-corrected chi connectivity index (χ0v) is 28.7. The van der Waals surface area contributed by atoms with Crippen LogP contribution in [-0.2, 0) is 22.4 Å². The van der Waals surface area contributed by atoms with Crippen molar-refractivity contribution in [3.63, 3.8) is 0 Å². The number of carbonyl (C=O) groups is 2. The topological polar surface area (TPSA) is 105 Å². The van der Waals surface area contributed by atoms with Gasteiger partial charge in [-0.2, -0.15) is 0 Å². The lowest BCUT2D eigenvalue weighted by Crippen LogP contribution is -2.56. The molecule has 4 aromatic rings. The van der Waals surface area contributed by atoms with Gasteiger partial charge in [0.15, 0.2) is 0 Å². The van der Waals surface area contributed by atoms with Crippen LogP contribution in [0.1, 0.15) is 62.1 Å². The summed E-state index contributed by atoms with van der Waals surface area (Å²) in [6.07, 6.45) is 7.43. The Labute approximate surface area is 290 Å². The third kappa shape index (κ3) is 8.16. The van der Waals surface area contributed by atoms with Crippen LogP contribution in [0.15, 0.2) is 104 Å². The molecule has 2 atom stereocenters. The molecular formula is C42H50N4O3. The zero-order valence-electron chi connectivity index (χ0n) is 28.7. The first-order valence-corrected chi connectivity index (χ1v) is 17.8. The van der Waals surface area contributed by atoms with E-state index >= 15 is 0 Å². The maximum Gasteiger partial charge on any atom is 0.243 e. The summed E-state index contributed by atoms with van der Waals surface area (Å²) in [5.74, 6) is 0.372. The lowest BCUT2D eigenvalue weighted by molar-refractivity contribution is -0.130. The summed E-state index contributed by atoms with van der Waals surface area (Å²) in [5, 5.41) is 12.0. The van der Waals surface area contributed by atoms with Gasteiger partial charge >= 0.3 is 0 Å². The number of nitrogens with two attached hydrogens (primary N) is 1. The molecule has 2 unspecified atom stereocenters. The zero-order chi connectivity index (χ0) is 34.3. The van der Waals surface area contributed by atoms with Crippen LogP contribution < -0.4 is 26.4 Å². The molecule has 256 valence electrons. The van der Waals surface area contributed by atoms with Crippen molar-refractivity contribution in [3.8, 4) is 5.75 Å². The van der Waals surface area contributed by atoms with E-state index in [1.54, 1.807) is 0 Å². The molecule has 5 N–H and O–H groups in total. The molecular weight excluding hydrogens is 608 g/mol. The van der Waals surface area contributed by atoms with Crippen molar-refractivity contribution < 1.29 is 14.3 Å². The fraction of sp³-hybridized carbons (Fsp3) is 0.381. The van der Waals surface area contributed by atoms with Crippen LogP contribution in [0.3, 0.4) is 0 Å². The van der Waals surface area contributed by atoms with E-state index in [2.05, 4.69) is 40.7 Å². The van der Waals surface area contributed by atoms with Gasteiger partial charge in [-0.05, 0) is 96.9 Å². The van der Waals surface area contributed by atoms with E-state index in [4.69, 9.17) is 10.5 Å². The van der Waals surface area contributed by atoms with Crippen LogP contribution in [0.4, 0.5) is 0 Å². The van der Waals surface area contributed by atoms with Crippen molar-refractivity contribution in [1.29, 1.82) is 0 Å². The van der Waals surface area contributed by atoms with E-state index in [-0.39, 0.29) is 22.6 Å². The number of carbonyl (C=O) groups excluding carboxylic acids is 2. The standard InChI is InChI=1S/C42H50N4O3/c1-3-49-34-18-16-32(17-19-34)27-38(45-30(2)35-15-9-13-33-12-7-8-14-36(33)35)40(48)46-37(26-31-10-5-4-6-11-31)39(47)44-29-42-23-20-41(28-43,21-24-42)22-25-42/h4-19,37-38,45H,2-3,20-29,43H2,1H3,(H,44,47)(H,46,48). The van der Waals surface area contributed by atoms with Crippen molar-refractivity contribution >= 4 is 28.3 Å². The van der Waals surface area contributed by atoms with Gasteiger partial charge in [-0.25, -0.2) is 0 Å². The summed E-state index contributed by atoms with van der Waals surface area (Å²) < 4.78 is 5.65. The molecule has 3 aliphatic rings. The molecule has 2 bridgehead atoms. The lowest BCUT2D eigenvalue weighted by atomic mass is 9.54. The van der Waals surface area contributed by atoms with E-state index in [1.807, 2.05) is 85.8 Å². The van der Waals surface area contributed by atoms with Gasteiger partial charge in [0, 0.05) is 30.6 Å². The fourth-order valence-electron chi connectivity index (χ4n) is 7.75. The first kappa shape index (κ1) is 34.3. The third-order valence-corrected chi connectivity index (χ3v) is 11.0. The normalized spacial score (nSPS) is 21.0. The highest BCUT2D eigenvalue weighted by atomic mass is 16.5. The minimum absolute atomic E-state index is 0.113. The van der Waals surface area contributed by atoms with Crippen molar-refractivity contribution in [2.75, 3.05) is 19.7 Å². The predicted octanol–water partition coefficient (Wildman–Crippen LogP) is 6.55. The Bertz CT molecular complexity index is 1720. The van der Waals surface area contributed by atoms with Gasteiger partial charge < -0.3 is 26.4 Å². The monoisotopic (exact) mass is 658 g/mol. The SMILES string of the molecule is C=C(NC(Cc1ccc(OCC)cc1)C(=O)NC(Cc1ccccc1)C(=O)NCC12CCC(CN)(CC1)CC2)c1cccc2ccccc12. The first-order chi connectivity index (χ1) is 23.8. The Morgan fingerprint density at radius 2 is 1.33 bits per heavy atom. The van der Waals surface area contributed by atoms with Crippen LogP contribution in [0.2, 0.25) is 0 Å². The highest BCUT2D eigenvalue weighted by Crippen LogP contribution is 2.56. The summed E-state index contributed by atoms with van der Waals surface area (Å²) in [4.78, 5) is 28.3. The minimum atomic E-state index is -0.739. The quantitative estimate of drug-likeness (QED) is 0.116. The Kier molecular flexibility index (Phi) is 10.7. The number of ether oxygens (including phenoxy) is 1. The van der Waals surface area contributed by atoms with Gasteiger partial charge in [-0.15, -0.1) is 0 Å². The molecule has 3 saturated carbocycles. The van der Waals surface area contributed by atoms with E-state index < -0.39 is 12.1 Å². The second kappa shape index (κ2) is 15.3. The van der Waals surface area contributed by atoms with Gasteiger partial charge in [-0.3, -0.25) is 9.59 Å². The van der Waals surface area contributed by atoms with Gasteiger partial charge in [0.25, 0.3) is 0 Å². The smallest absolute Gasteiger partial charge is 0.243 e. The lowest BCUT2D eigenvalue weighted by Gasteiger charge is -2.53. The number of hydrogen-bond acceptors (Lipinski definition) is 5. The van der Waals surface area contributed by atoms with Crippen molar-refractivity contribution in [3.05, 3.63) is 120 Å². The van der Waals surface area contributed by atoms with Crippen LogP contribution in [-0.4, -0.2) is 43.6 Å². The fourth-order valence-corrected chi connectivity index (χ4v) is 7.75. The second-order valence-electron chi connectivity index (χ2n) is 14.2. The molecule has 0 aromatic heterocycles. The summed E-state index contributed by atoms with van der Waals surface area (Å²) in [5.41, 5.74) is 10.1. The number of amides is 2. The van der Waals surface area contributed by atoms with Crippen molar-refractivity contribution in [1.82, 2.24) is 16.0 Å². The van der Waals surface area contributed by atoms with E-state index in [0.717, 1.165) is 78.3 Å². The molecule has 3 aliphatic carbocycles. The Morgan fingerprint density at radius 3 is 2.00 bits per heavy atom. The molecule has 7 heteroatoms. The molecule has 0 radical (unpaired) electrons. The summed E-state index contributed by atoms with van der Waals surface area (Å²) in [7, 11) is 0. The molecule has 0 aliphatic heterocycles. The Hall–Kier alpha value is -4.62. The molecule has 4 aromatic carbocycles. The Balaban J connectivity index is 1.22. The summed E-state index contributed by atoms with van der Waals surface area (Å²) in [6, 6.07) is 30.5. The molecule has 0 spiro atoms. The van der Waals surface area contributed by atoms with E-state index in [1.165, 1.54) is 0 Å². The summed E-state index contributed by atoms with van der Waals surface area (Å²) >= 11 is 0. The average Bonchev–Trinajstić information content (AvgIpc) is 3.15. The number of rotatable bonds is 15. The predicted molar refractivity (Wildman–Crippen MR) is 198 cm³/mol. The van der Waals surface area contributed by atoms with Gasteiger partial charge in [-0.1, -0.05) is 91.5 Å². The number of fused-ring (bicyclic) bond motifs is 4. The molecule has 2 amide bonds. The maximum atomic E-state index is 14.3. The minimum Gasteiger partial charge on any atom is -0.494 e. The Morgan fingerprint density at radius 1 is 0.735 bits per heavy atom. The highest BCUT2D eigenvalue weighted by Gasteiger charge is 2.48. The molecule has 7 rings (SSSR count). The van der Waals surface area contributed by atoms with Crippen molar-refractivity contribution in [2.45, 2.75) is 70.4 Å². The molecule has 0 heterocycles. The van der Waals surface area contributed by atoms with E-state index in [9.17, 15) is 9.59 Å². The molecule has 7 nitrogen and oxygen atoms in total. The third-order valence-electron chi connectivity index (χ3n) is 11.0. The average molecular weight is 659 g/mol. The number of nitrogens with one attached hydrogen (secondary N) is 3. The van der Waals surface area contributed by atoms with Gasteiger partial charge in [0.05, 0.1) is 6.61 Å². The summed E-state index contributed by atoms with van der Waals surface area (Å²) in [6.45, 7) is 8.28. The van der Waals surface area contributed by atoms with Crippen LogP contribution >= 0.6 is 0 Å². The number of hydrogen-bond donors (Lipinski definition) is 4. The molecule has 49 heavy (non-hydrogen) atoms. The van der Waals surface area contributed by atoms with Crippen LogP contribution in [0.5, 0.6) is 5.75 Å². The van der Waals surface area contributed by atoms with Crippen molar-refractivity contribution in [2.24, 2.45) is 16.6 Å².